The molecule has 122 valence electrons. The van der Waals surface area contributed by atoms with Crippen molar-refractivity contribution in [2.75, 3.05) is 10.6 Å². The van der Waals surface area contributed by atoms with Crippen LogP contribution in [-0.2, 0) is 0 Å². The van der Waals surface area contributed by atoms with Gasteiger partial charge in [-0.05, 0) is 37.6 Å². The van der Waals surface area contributed by atoms with Gasteiger partial charge in [0.05, 0.1) is 5.69 Å². The van der Waals surface area contributed by atoms with E-state index in [0.29, 0.717) is 12.0 Å². The third-order valence-corrected chi connectivity index (χ3v) is 3.72. The van der Waals surface area contributed by atoms with E-state index in [1.807, 2.05) is 54.7 Å². The third kappa shape index (κ3) is 4.07. The number of hydrogen-bond donors (Lipinski definition) is 2. The minimum Gasteiger partial charge on any atom is -0.352 e. The maximum absolute atomic E-state index is 4.63. The van der Waals surface area contributed by atoms with Crippen LogP contribution in [0.1, 0.15) is 20.3 Å². The van der Waals surface area contributed by atoms with Gasteiger partial charge in [0.2, 0.25) is 5.95 Å². The summed E-state index contributed by atoms with van der Waals surface area (Å²) in [6, 6.07) is 16.1. The molecule has 0 aliphatic carbocycles. The van der Waals surface area contributed by atoms with E-state index in [2.05, 4.69) is 39.4 Å². The van der Waals surface area contributed by atoms with Crippen molar-refractivity contribution >= 4 is 17.5 Å². The van der Waals surface area contributed by atoms with Crippen molar-refractivity contribution in [3.63, 3.8) is 0 Å². The van der Waals surface area contributed by atoms with Crippen LogP contribution < -0.4 is 10.6 Å². The molecule has 1 aromatic carbocycles. The Kier molecular flexibility index (Phi) is 5.01. The standard InChI is InChI=1S/C19H21N5/c1-3-14(2)21-19-23-17(15-8-7-11-20-13-15)12-18(24-19)22-16-9-5-4-6-10-16/h4-14H,3H2,1-2H3,(H2,21,22,23,24)/t14-/m0/s1. The molecule has 3 aromatic rings. The predicted octanol–water partition coefficient (Wildman–Crippen LogP) is 4.49. The van der Waals surface area contributed by atoms with Crippen LogP contribution in [0.15, 0.2) is 60.9 Å². The van der Waals surface area contributed by atoms with Gasteiger partial charge in [-0.25, -0.2) is 4.98 Å². The molecule has 3 rings (SSSR count). The molecule has 0 amide bonds. The molecule has 2 N–H and O–H groups in total. The van der Waals surface area contributed by atoms with Gasteiger partial charge < -0.3 is 10.6 Å². The minimum atomic E-state index is 0.304. The number of nitrogens with zero attached hydrogens (tertiary/aromatic N) is 3. The third-order valence-electron chi connectivity index (χ3n) is 3.72. The van der Waals surface area contributed by atoms with E-state index in [1.165, 1.54) is 0 Å². The maximum atomic E-state index is 4.63. The Hall–Kier alpha value is -2.95. The topological polar surface area (TPSA) is 62.7 Å². The molecule has 0 aliphatic rings. The molecular weight excluding hydrogens is 298 g/mol. The van der Waals surface area contributed by atoms with Gasteiger partial charge in [0.25, 0.3) is 0 Å². The second-order valence-corrected chi connectivity index (χ2v) is 5.65. The van der Waals surface area contributed by atoms with Crippen LogP contribution in [0, 0.1) is 0 Å². The molecule has 0 fully saturated rings. The van der Waals surface area contributed by atoms with Crippen LogP contribution in [0.25, 0.3) is 11.3 Å². The summed E-state index contributed by atoms with van der Waals surface area (Å²) in [6.07, 6.45) is 4.57. The summed E-state index contributed by atoms with van der Waals surface area (Å²) < 4.78 is 0. The first-order valence-corrected chi connectivity index (χ1v) is 8.12. The highest BCUT2D eigenvalue weighted by atomic mass is 15.2. The van der Waals surface area contributed by atoms with Gasteiger partial charge in [-0.1, -0.05) is 25.1 Å². The highest BCUT2D eigenvalue weighted by molar-refractivity contribution is 5.66. The summed E-state index contributed by atoms with van der Waals surface area (Å²) in [6.45, 7) is 4.25. The molecule has 1 atom stereocenters. The molecule has 0 spiro atoms. The zero-order chi connectivity index (χ0) is 16.8. The fraction of sp³-hybridized carbons (Fsp3) is 0.211. The Morgan fingerprint density at radius 1 is 1.04 bits per heavy atom. The molecule has 0 aliphatic heterocycles. The summed E-state index contributed by atoms with van der Waals surface area (Å²) in [4.78, 5) is 13.4. The van der Waals surface area contributed by atoms with E-state index >= 15 is 0 Å². The lowest BCUT2D eigenvalue weighted by molar-refractivity contribution is 0.753. The molecule has 2 heterocycles. The fourth-order valence-electron chi connectivity index (χ4n) is 2.23. The van der Waals surface area contributed by atoms with Crippen LogP contribution in [-0.4, -0.2) is 21.0 Å². The number of pyridine rings is 1. The molecule has 0 radical (unpaired) electrons. The van der Waals surface area contributed by atoms with E-state index in [1.54, 1.807) is 6.20 Å². The highest BCUT2D eigenvalue weighted by Gasteiger charge is 2.09. The molecule has 5 heteroatoms. The molecule has 0 saturated carbocycles. The van der Waals surface area contributed by atoms with Gasteiger partial charge in [0.15, 0.2) is 0 Å². The molecule has 0 saturated heterocycles. The van der Waals surface area contributed by atoms with Gasteiger partial charge in [0.1, 0.15) is 5.82 Å². The van der Waals surface area contributed by atoms with Gasteiger partial charge in [-0.2, -0.15) is 4.98 Å². The number of anilines is 3. The molecule has 5 nitrogen and oxygen atoms in total. The number of rotatable bonds is 6. The van der Waals surface area contributed by atoms with E-state index in [-0.39, 0.29) is 0 Å². The summed E-state index contributed by atoms with van der Waals surface area (Å²) in [5.74, 6) is 1.37. The smallest absolute Gasteiger partial charge is 0.225 e. The quantitative estimate of drug-likeness (QED) is 0.701. The zero-order valence-corrected chi connectivity index (χ0v) is 13.9. The van der Waals surface area contributed by atoms with Gasteiger partial charge >= 0.3 is 0 Å². The van der Waals surface area contributed by atoms with Gasteiger partial charge in [-0.15, -0.1) is 0 Å². The average Bonchev–Trinajstić information content (AvgIpc) is 2.63. The first-order valence-electron chi connectivity index (χ1n) is 8.12. The summed E-state index contributed by atoms with van der Waals surface area (Å²) in [5, 5.41) is 6.68. The van der Waals surface area contributed by atoms with Crippen molar-refractivity contribution in [1.29, 1.82) is 0 Å². The fourth-order valence-corrected chi connectivity index (χ4v) is 2.23. The lowest BCUT2D eigenvalue weighted by atomic mass is 10.2. The van der Waals surface area contributed by atoms with E-state index in [9.17, 15) is 0 Å². The highest BCUT2D eigenvalue weighted by Crippen LogP contribution is 2.23. The summed E-state index contributed by atoms with van der Waals surface area (Å²) in [5.41, 5.74) is 2.79. The number of para-hydroxylation sites is 1. The molecule has 0 bridgehead atoms. The Labute approximate surface area is 142 Å². The number of hydrogen-bond acceptors (Lipinski definition) is 5. The zero-order valence-electron chi connectivity index (χ0n) is 13.9. The average molecular weight is 319 g/mol. The van der Waals surface area contributed by atoms with Crippen molar-refractivity contribution in [3.05, 3.63) is 60.9 Å². The van der Waals surface area contributed by atoms with Crippen LogP contribution in [0.5, 0.6) is 0 Å². The Morgan fingerprint density at radius 3 is 2.58 bits per heavy atom. The molecule has 2 aromatic heterocycles. The van der Waals surface area contributed by atoms with Crippen molar-refractivity contribution in [3.8, 4) is 11.3 Å². The molecule has 0 unspecified atom stereocenters. The predicted molar refractivity (Wildman–Crippen MR) is 98.4 cm³/mol. The Bertz CT molecular complexity index is 774. The van der Waals surface area contributed by atoms with Crippen molar-refractivity contribution in [1.82, 2.24) is 15.0 Å². The monoisotopic (exact) mass is 319 g/mol. The summed E-state index contributed by atoms with van der Waals surface area (Å²) in [7, 11) is 0. The molecule has 24 heavy (non-hydrogen) atoms. The van der Waals surface area contributed by atoms with Crippen molar-refractivity contribution in [2.45, 2.75) is 26.3 Å². The van der Waals surface area contributed by atoms with Gasteiger partial charge in [-0.3, -0.25) is 4.98 Å². The van der Waals surface area contributed by atoms with Crippen molar-refractivity contribution < 1.29 is 0 Å². The summed E-state index contributed by atoms with van der Waals surface area (Å²) >= 11 is 0. The lowest BCUT2D eigenvalue weighted by Crippen LogP contribution is -2.16. The van der Waals surface area contributed by atoms with Crippen LogP contribution in [0.4, 0.5) is 17.5 Å². The second-order valence-electron chi connectivity index (χ2n) is 5.65. The number of aromatic nitrogens is 3. The van der Waals surface area contributed by atoms with Gasteiger partial charge in [0, 0.05) is 35.8 Å². The SMILES string of the molecule is CC[C@H](C)Nc1nc(Nc2ccccc2)cc(-c2cccnc2)n1. The van der Waals surface area contributed by atoms with Crippen LogP contribution in [0.2, 0.25) is 0 Å². The Balaban J connectivity index is 1.96. The first-order chi connectivity index (χ1) is 11.7. The number of nitrogens with one attached hydrogen (secondary N) is 2. The lowest BCUT2D eigenvalue weighted by Gasteiger charge is -2.14. The van der Waals surface area contributed by atoms with E-state index < -0.39 is 0 Å². The number of benzene rings is 1. The van der Waals surface area contributed by atoms with Crippen molar-refractivity contribution in [2.24, 2.45) is 0 Å². The molecular formula is C19H21N5. The second kappa shape index (κ2) is 7.55. The van der Waals surface area contributed by atoms with E-state index in [4.69, 9.17) is 0 Å². The maximum Gasteiger partial charge on any atom is 0.225 e. The Morgan fingerprint density at radius 2 is 1.88 bits per heavy atom. The van der Waals surface area contributed by atoms with Crippen LogP contribution in [0.3, 0.4) is 0 Å². The van der Waals surface area contributed by atoms with Crippen LogP contribution >= 0.6 is 0 Å². The van der Waals surface area contributed by atoms with E-state index in [0.717, 1.165) is 29.2 Å². The first kappa shape index (κ1) is 15.9. The largest absolute Gasteiger partial charge is 0.352 e. The normalized spacial score (nSPS) is 11.8. The minimum absolute atomic E-state index is 0.304.